The number of benzene rings is 2. The zero-order chi connectivity index (χ0) is 38.0. The first-order valence-corrected chi connectivity index (χ1v) is 18.1. The summed E-state index contributed by atoms with van der Waals surface area (Å²) in [5.41, 5.74) is -0.981. The Hall–Kier alpha value is -5.88. The van der Waals surface area contributed by atoms with Crippen LogP contribution in [0.25, 0.3) is 39.0 Å². The van der Waals surface area contributed by atoms with Gasteiger partial charge in [0.25, 0.3) is 5.91 Å². The lowest BCUT2D eigenvalue weighted by molar-refractivity contribution is -0.131. The minimum atomic E-state index is -0.993. The lowest BCUT2D eigenvalue weighted by atomic mass is 9.95. The fourth-order valence-electron chi connectivity index (χ4n) is 9.01. The van der Waals surface area contributed by atoms with E-state index >= 15 is 8.78 Å². The van der Waals surface area contributed by atoms with Crippen LogP contribution in [0.3, 0.4) is 0 Å². The Labute approximate surface area is 312 Å². The molecule has 2 bridgehead atoms. The molecule has 2 aromatic carbocycles. The fraction of sp³-hybridized carbons (Fsp3) is 0.350. The van der Waals surface area contributed by atoms with Gasteiger partial charge in [-0.05, 0) is 61.9 Å². The van der Waals surface area contributed by atoms with E-state index in [-0.39, 0.29) is 70.4 Å². The molecule has 7 heterocycles. The van der Waals surface area contributed by atoms with E-state index in [0.29, 0.717) is 37.0 Å². The second-order valence-electron chi connectivity index (χ2n) is 14.6. The van der Waals surface area contributed by atoms with Crippen LogP contribution in [0, 0.1) is 24.0 Å². The van der Waals surface area contributed by atoms with E-state index in [2.05, 4.69) is 30.8 Å². The molecule has 55 heavy (non-hydrogen) atoms. The second-order valence-corrected chi connectivity index (χ2v) is 14.6. The maximum atomic E-state index is 17.1. The number of alkyl halides is 1. The standard InChI is InChI=1S/C40H34F4N8O3/c1-2-27-30(42)8-5-22-13-26(53)14-28(33(22)27)35-34(44)36-29(17-47-35)37(49-39(48-36)55-21-40-9-3-12-51(40)18-23(41)16-40)50-19-24-6-7-25(20-50)52(24)38(54)31(43)15-32-45-10-4-11-46-32/h1,4-5,8,10-11,13-15,17,23-25,53H,3,6-7,9,12,16,18-21H2/b31-15-/t23-,24?,25?,40+/m1/s1. The molecule has 280 valence electrons. The molecule has 0 spiro atoms. The van der Waals surface area contributed by atoms with E-state index in [1.807, 2.05) is 4.90 Å². The number of aromatic nitrogens is 5. The van der Waals surface area contributed by atoms with Gasteiger partial charge in [0.1, 0.15) is 41.4 Å². The molecule has 15 heteroatoms. The highest BCUT2D eigenvalue weighted by Crippen LogP contribution is 2.43. The molecule has 5 aromatic rings. The van der Waals surface area contributed by atoms with Crippen molar-refractivity contribution in [3.63, 3.8) is 0 Å². The van der Waals surface area contributed by atoms with Crippen LogP contribution >= 0.6 is 0 Å². The van der Waals surface area contributed by atoms with Crippen LogP contribution in [0.4, 0.5) is 23.4 Å². The number of anilines is 1. The van der Waals surface area contributed by atoms with Gasteiger partial charge in [0.15, 0.2) is 17.5 Å². The van der Waals surface area contributed by atoms with Crippen molar-refractivity contribution in [2.45, 2.75) is 55.9 Å². The van der Waals surface area contributed by atoms with Crippen molar-refractivity contribution >= 4 is 39.5 Å². The number of hydrogen-bond acceptors (Lipinski definition) is 10. The predicted molar refractivity (Wildman–Crippen MR) is 195 cm³/mol. The van der Waals surface area contributed by atoms with Crippen LogP contribution in [0.5, 0.6) is 11.8 Å². The lowest BCUT2D eigenvalue weighted by Gasteiger charge is -2.41. The number of terminal acetylenes is 1. The van der Waals surface area contributed by atoms with E-state index in [4.69, 9.17) is 16.1 Å². The van der Waals surface area contributed by atoms with Crippen LogP contribution in [-0.2, 0) is 4.79 Å². The van der Waals surface area contributed by atoms with Crippen molar-refractivity contribution in [1.82, 2.24) is 34.7 Å². The number of pyridine rings is 1. The first-order valence-electron chi connectivity index (χ1n) is 18.1. The zero-order valence-corrected chi connectivity index (χ0v) is 29.4. The summed E-state index contributed by atoms with van der Waals surface area (Å²) in [4.78, 5) is 40.7. The van der Waals surface area contributed by atoms with Gasteiger partial charge in [-0.15, -0.1) is 6.42 Å². The Morgan fingerprint density at radius 2 is 1.87 bits per heavy atom. The maximum Gasteiger partial charge on any atom is 0.319 e. The fourth-order valence-corrected chi connectivity index (χ4v) is 9.01. The Morgan fingerprint density at radius 3 is 2.64 bits per heavy atom. The Kier molecular flexibility index (Phi) is 8.53. The molecule has 1 amide bonds. The molecule has 11 nitrogen and oxygen atoms in total. The van der Waals surface area contributed by atoms with Crippen molar-refractivity contribution in [2.75, 3.05) is 37.7 Å². The lowest BCUT2D eigenvalue weighted by Crippen LogP contribution is -2.56. The Bertz CT molecular complexity index is 2430. The summed E-state index contributed by atoms with van der Waals surface area (Å²) >= 11 is 0. The van der Waals surface area contributed by atoms with Gasteiger partial charge in [-0.25, -0.2) is 27.5 Å². The number of hydrogen-bond donors (Lipinski definition) is 1. The van der Waals surface area contributed by atoms with Gasteiger partial charge in [-0.2, -0.15) is 9.97 Å². The number of phenols is 1. The van der Waals surface area contributed by atoms with Crippen LogP contribution in [0.1, 0.15) is 43.5 Å². The van der Waals surface area contributed by atoms with E-state index < -0.39 is 47.2 Å². The van der Waals surface area contributed by atoms with E-state index in [1.54, 1.807) is 11.0 Å². The van der Waals surface area contributed by atoms with Gasteiger partial charge in [0.2, 0.25) is 0 Å². The number of phenolic OH excluding ortho intramolecular Hbond substituents is 1. The second kappa shape index (κ2) is 13.5. The number of amides is 1. The van der Waals surface area contributed by atoms with Crippen molar-refractivity contribution in [1.29, 1.82) is 0 Å². The molecule has 4 aliphatic heterocycles. The number of carbonyl (C=O) groups is 1. The SMILES string of the molecule is C#Cc1c(F)ccc2cc(O)cc(-c3ncc4c(N5CC6CCC(C5)N6C(=O)/C(F)=C/c5ncccn5)nc(OC[C@@]56CCCN5C[C@H](F)C6)nc4c3F)c12. The number of carbonyl (C=O) groups excluding carboxylic acids is 1. The van der Waals surface area contributed by atoms with Crippen molar-refractivity contribution < 1.29 is 32.2 Å². The molecular formula is C40H34F4N8O3. The number of ether oxygens (including phenoxy) is 1. The maximum absolute atomic E-state index is 17.1. The van der Waals surface area contributed by atoms with Gasteiger partial charge >= 0.3 is 6.01 Å². The third kappa shape index (κ3) is 5.95. The molecule has 0 radical (unpaired) electrons. The van der Waals surface area contributed by atoms with E-state index in [9.17, 15) is 18.7 Å². The summed E-state index contributed by atoms with van der Waals surface area (Å²) in [5, 5.41) is 11.4. The first-order chi connectivity index (χ1) is 26.6. The zero-order valence-electron chi connectivity index (χ0n) is 29.4. The molecule has 4 aliphatic rings. The minimum absolute atomic E-state index is 0.0612. The molecule has 9 rings (SSSR count). The van der Waals surface area contributed by atoms with Gasteiger partial charge in [0.05, 0.1) is 28.6 Å². The molecular weight excluding hydrogens is 716 g/mol. The van der Waals surface area contributed by atoms with E-state index in [1.165, 1.54) is 42.9 Å². The normalized spacial score (nSPS) is 23.8. The van der Waals surface area contributed by atoms with Gasteiger partial charge < -0.3 is 19.6 Å². The molecule has 4 saturated heterocycles. The highest BCUT2D eigenvalue weighted by Gasteiger charge is 2.50. The molecule has 4 atom stereocenters. The topological polar surface area (TPSA) is 121 Å². The summed E-state index contributed by atoms with van der Waals surface area (Å²) in [7, 11) is 0. The number of aromatic hydroxyl groups is 1. The number of rotatable bonds is 7. The van der Waals surface area contributed by atoms with Crippen LogP contribution in [0.15, 0.2) is 54.7 Å². The molecule has 2 unspecified atom stereocenters. The number of piperazine rings is 1. The highest BCUT2D eigenvalue weighted by molar-refractivity contribution is 6.03. The van der Waals surface area contributed by atoms with Gasteiger partial charge in [0, 0.05) is 61.7 Å². The molecule has 3 aromatic heterocycles. The molecule has 1 N–H and O–H groups in total. The smallest absolute Gasteiger partial charge is 0.319 e. The summed E-state index contributed by atoms with van der Waals surface area (Å²) in [6, 6.07) is 5.95. The number of nitrogens with zero attached hydrogens (tertiary/aromatic N) is 8. The summed E-state index contributed by atoms with van der Waals surface area (Å²) in [6.07, 6.45) is 13.2. The monoisotopic (exact) mass is 750 g/mol. The average Bonchev–Trinajstić information content (AvgIpc) is 3.80. The third-order valence-electron chi connectivity index (χ3n) is 11.4. The quantitative estimate of drug-likeness (QED) is 0.125. The largest absolute Gasteiger partial charge is 0.508 e. The molecule has 0 saturated carbocycles. The summed E-state index contributed by atoms with van der Waals surface area (Å²) < 4.78 is 68.2. The average molecular weight is 751 g/mol. The van der Waals surface area contributed by atoms with Crippen LogP contribution < -0.4 is 9.64 Å². The minimum Gasteiger partial charge on any atom is -0.508 e. The number of fused-ring (bicyclic) bond motifs is 5. The third-order valence-corrected chi connectivity index (χ3v) is 11.4. The van der Waals surface area contributed by atoms with Gasteiger partial charge in [-0.1, -0.05) is 12.0 Å². The Morgan fingerprint density at radius 1 is 1.09 bits per heavy atom. The van der Waals surface area contributed by atoms with Crippen LogP contribution in [-0.4, -0.2) is 102 Å². The first kappa shape index (κ1) is 34.9. The van der Waals surface area contributed by atoms with Crippen LogP contribution in [0.2, 0.25) is 0 Å². The van der Waals surface area contributed by atoms with Crippen molar-refractivity contribution in [2.24, 2.45) is 0 Å². The molecule has 0 aliphatic carbocycles. The van der Waals surface area contributed by atoms with E-state index in [0.717, 1.165) is 25.5 Å². The number of halogens is 4. The predicted octanol–water partition coefficient (Wildman–Crippen LogP) is 5.75. The van der Waals surface area contributed by atoms with Crippen molar-refractivity contribution in [3.05, 3.63) is 77.8 Å². The van der Waals surface area contributed by atoms with Gasteiger partial charge in [-0.3, -0.25) is 14.7 Å². The van der Waals surface area contributed by atoms with Crippen molar-refractivity contribution in [3.8, 4) is 35.4 Å². The summed E-state index contributed by atoms with van der Waals surface area (Å²) in [5.74, 6) is -0.818. The molecule has 4 fully saturated rings. The Balaban J connectivity index is 1.12. The highest BCUT2D eigenvalue weighted by atomic mass is 19.1. The summed E-state index contributed by atoms with van der Waals surface area (Å²) in [6.45, 7) is 1.64.